The second kappa shape index (κ2) is 10.8. The van der Waals surface area contributed by atoms with Crippen molar-refractivity contribution in [3.8, 4) is 0 Å². The smallest absolute Gasteiger partial charge is 0.303 e. The number of hydrogen-bond acceptors (Lipinski definition) is 4. The van der Waals surface area contributed by atoms with Crippen molar-refractivity contribution in [1.82, 2.24) is 0 Å². The summed E-state index contributed by atoms with van der Waals surface area (Å²) >= 11 is 0. The second-order valence-electron chi connectivity index (χ2n) is 7.06. The van der Waals surface area contributed by atoms with Gasteiger partial charge in [-0.2, -0.15) is 0 Å². The van der Waals surface area contributed by atoms with Gasteiger partial charge in [-0.15, -0.1) is 0 Å². The molecule has 0 unspecified atom stereocenters. The first-order valence-electron chi connectivity index (χ1n) is 9.45. The molecule has 1 aliphatic rings. The monoisotopic (exact) mass is 372 g/mol. The largest absolute Gasteiger partial charge is 0.481 e. The zero-order valence-corrected chi connectivity index (χ0v) is 15.4. The number of allylic oxidation sites excluding steroid dienone is 2. The van der Waals surface area contributed by atoms with E-state index in [9.17, 15) is 19.8 Å². The number of carbonyl (C=O) groups is 2. The number of carboxylic acid groups (broad SMARTS) is 1. The fraction of sp³-hybridized carbons (Fsp3) is 0.455. The molecule has 0 heterocycles. The Morgan fingerprint density at radius 2 is 1.96 bits per heavy atom. The number of hydrogen-bond donors (Lipinski definition) is 3. The van der Waals surface area contributed by atoms with E-state index in [2.05, 4.69) is 0 Å². The summed E-state index contributed by atoms with van der Waals surface area (Å²) in [6.07, 6.45) is 8.36. The quantitative estimate of drug-likeness (QED) is 0.434. The summed E-state index contributed by atoms with van der Waals surface area (Å²) < 4.78 is 0. The van der Waals surface area contributed by atoms with Gasteiger partial charge in [-0.05, 0) is 24.8 Å². The van der Waals surface area contributed by atoms with Crippen molar-refractivity contribution >= 4 is 11.8 Å². The topological polar surface area (TPSA) is 94.8 Å². The van der Waals surface area contributed by atoms with Gasteiger partial charge < -0.3 is 15.3 Å². The fourth-order valence-electron chi connectivity index (χ4n) is 3.44. The van der Waals surface area contributed by atoms with Crippen LogP contribution in [0.5, 0.6) is 0 Å². The molecule has 1 saturated carbocycles. The van der Waals surface area contributed by atoms with Crippen molar-refractivity contribution in [1.29, 1.82) is 0 Å². The lowest BCUT2D eigenvalue weighted by Gasteiger charge is -2.16. The summed E-state index contributed by atoms with van der Waals surface area (Å²) in [6, 6.07) is 9.66. The van der Waals surface area contributed by atoms with Gasteiger partial charge in [0.05, 0.1) is 12.2 Å². The molecule has 27 heavy (non-hydrogen) atoms. The van der Waals surface area contributed by atoms with Crippen LogP contribution in [0.25, 0.3) is 0 Å². The lowest BCUT2D eigenvalue weighted by atomic mass is 9.90. The Morgan fingerprint density at radius 3 is 2.67 bits per heavy atom. The number of carboxylic acids is 1. The predicted molar refractivity (Wildman–Crippen MR) is 103 cm³/mol. The first kappa shape index (κ1) is 21.1. The van der Waals surface area contributed by atoms with Crippen molar-refractivity contribution in [3.63, 3.8) is 0 Å². The number of rotatable bonds is 10. The Bertz CT molecular complexity index is 665. The van der Waals surface area contributed by atoms with E-state index in [0.29, 0.717) is 25.7 Å². The number of unbranched alkanes of at least 4 members (excludes halogenated alkanes) is 1. The average Bonchev–Trinajstić information content (AvgIpc) is 2.89. The molecule has 2 rings (SSSR count). The molecule has 1 aromatic carbocycles. The SMILES string of the molecule is O=C(O)CCC/C=C/C[C@H]1C(=O)C[C@@H](O)[C@@H]1/C=C/[C@@H](O)Cc1ccccc1. The summed E-state index contributed by atoms with van der Waals surface area (Å²) in [5.41, 5.74) is 1.03. The molecule has 0 spiro atoms. The third-order valence-electron chi connectivity index (χ3n) is 4.89. The Balaban J connectivity index is 1.87. The number of Topliss-reactive ketones (excluding diaryl/α,β-unsaturated/α-hetero) is 1. The predicted octanol–water partition coefficient (Wildman–Crippen LogP) is 2.91. The Morgan fingerprint density at radius 1 is 1.22 bits per heavy atom. The molecule has 5 heteroatoms. The number of ketones is 1. The molecule has 1 fully saturated rings. The highest BCUT2D eigenvalue weighted by Crippen LogP contribution is 2.33. The molecule has 0 aliphatic heterocycles. The standard InChI is InChI=1S/C22H28O5/c23-17(14-16-8-4-3-5-9-16)12-13-19-18(20(24)15-21(19)25)10-6-1-2-7-11-22(26)27/h1,3-6,8-9,12-13,17-19,21,23,25H,2,7,10-11,14-15H2,(H,26,27)/b6-1+,13-12+/t17-,18-,19-,21-/m1/s1. The summed E-state index contributed by atoms with van der Waals surface area (Å²) in [5.74, 6) is -1.37. The summed E-state index contributed by atoms with van der Waals surface area (Å²) in [7, 11) is 0. The molecule has 0 bridgehead atoms. The van der Waals surface area contributed by atoms with Gasteiger partial charge in [0.1, 0.15) is 5.78 Å². The van der Waals surface area contributed by atoms with Crippen molar-refractivity contribution in [3.05, 3.63) is 60.2 Å². The average molecular weight is 372 g/mol. The molecule has 0 saturated heterocycles. The number of carbonyl (C=O) groups excluding carboxylic acids is 1. The first-order valence-corrected chi connectivity index (χ1v) is 9.45. The third kappa shape index (κ3) is 7.12. The van der Waals surface area contributed by atoms with Crippen molar-refractivity contribution in [2.24, 2.45) is 11.8 Å². The van der Waals surface area contributed by atoms with Gasteiger partial charge >= 0.3 is 5.97 Å². The van der Waals surface area contributed by atoms with Gasteiger partial charge in [-0.25, -0.2) is 0 Å². The van der Waals surface area contributed by atoms with Gasteiger partial charge in [0.2, 0.25) is 0 Å². The summed E-state index contributed by atoms with van der Waals surface area (Å²) in [5, 5.41) is 29.0. The molecule has 5 nitrogen and oxygen atoms in total. The zero-order valence-electron chi connectivity index (χ0n) is 15.4. The van der Waals surface area contributed by atoms with E-state index in [1.807, 2.05) is 42.5 Å². The number of aliphatic hydroxyl groups excluding tert-OH is 2. The molecular formula is C22H28O5. The van der Waals surface area contributed by atoms with Crippen LogP contribution in [0.3, 0.4) is 0 Å². The van der Waals surface area contributed by atoms with E-state index in [4.69, 9.17) is 5.11 Å². The van der Waals surface area contributed by atoms with Gasteiger partial charge in [-0.3, -0.25) is 9.59 Å². The van der Waals surface area contributed by atoms with Crippen molar-refractivity contribution < 1.29 is 24.9 Å². The zero-order chi connectivity index (χ0) is 19.6. The highest BCUT2D eigenvalue weighted by molar-refractivity contribution is 5.84. The molecule has 1 aromatic rings. The highest BCUT2D eigenvalue weighted by atomic mass is 16.4. The third-order valence-corrected chi connectivity index (χ3v) is 4.89. The van der Waals surface area contributed by atoms with Gasteiger partial charge in [-0.1, -0.05) is 54.6 Å². The minimum Gasteiger partial charge on any atom is -0.481 e. The van der Waals surface area contributed by atoms with Crippen LogP contribution in [0.1, 0.15) is 37.7 Å². The van der Waals surface area contributed by atoms with Crippen LogP contribution in [0.15, 0.2) is 54.6 Å². The first-order chi connectivity index (χ1) is 13.0. The van der Waals surface area contributed by atoms with E-state index in [-0.39, 0.29) is 30.5 Å². The number of aliphatic hydroxyl groups is 2. The highest BCUT2D eigenvalue weighted by Gasteiger charge is 2.39. The summed E-state index contributed by atoms with van der Waals surface area (Å²) in [4.78, 5) is 22.7. The second-order valence-corrected chi connectivity index (χ2v) is 7.06. The lowest BCUT2D eigenvalue weighted by Crippen LogP contribution is -2.19. The maximum Gasteiger partial charge on any atom is 0.303 e. The van der Waals surface area contributed by atoms with Crippen molar-refractivity contribution in [2.45, 2.75) is 50.7 Å². The molecule has 0 aromatic heterocycles. The van der Waals surface area contributed by atoms with Crippen LogP contribution in [0.4, 0.5) is 0 Å². The molecule has 3 N–H and O–H groups in total. The van der Waals surface area contributed by atoms with E-state index in [0.717, 1.165) is 5.56 Å². The Kier molecular flexibility index (Phi) is 8.43. The molecule has 0 radical (unpaired) electrons. The summed E-state index contributed by atoms with van der Waals surface area (Å²) in [6.45, 7) is 0. The van der Waals surface area contributed by atoms with Crippen molar-refractivity contribution in [2.75, 3.05) is 0 Å². The van der Waals surface area contributed by atoms with Crippen LogP contribution >= 0.6 is 0 Å². The van der Waals surface area contributed by atoms with E-state index < -0.39 is 18.2 Å². The van der Waals surface area contributed by atoms with Crippen LogP contribution < -0.4 is 0 Å². The minimum absolute atomic E-state index is 0.0323. The molecule has 146 valence electrons. The van der Waals surface area contributed by atoms with E-state index in [1.165, 1.54) is 0 Å². The van der Waals surface area contributed by atoms with Gasteiger partial charge in [0, 0.05) is 31.1 Å². The minimum atomic E-state index is -0.809. The van der Waals surface area contributed by atoms with E-state index in [1.54, 1.807) is 12.2 Å². The molecule has 4 atom stereocenters. The maximum atomic E-state index is 12.2. The van der Waals surface area contributed by atoms with Gasteiger partial charge in [0.25, 0.3) is 0 Å². The van der Waals surface area contributed by atoms with Crippen LogP contribution in [-0.4, -0.2) is 39.3 Å². The normalized spacial score (nSPS) is 24.1. The molecule has 0 amide bonds. The van der Waals surface area contributed by atoms with Crippen LogP contribution in [-0.2, 0) is 16.0 Å². The number of benzene rings is 1. The Hall–Kier alpha value is -2.24. The van der Waals surface area contributed by atoms with Gasteiger partial charge in [0.15, 0.2) is 0 Å². The lowest BCUT2D eigenvalue weighted by molar-refractivity contribution is -0.137. The van der Waals surface area contributed by atoms with Crippen LogP contribution in [0.2, 0.25) is 0 Å². The fourth-order valence-corrected chi connectivity index (χ4v) is 3.44. The maximum absolute atomic E-state index is 12.2. The number of aliphatic carboxylic acids is 1. The molecular weight excluding hydrogens is 344 g/mol. The van der Waals surface area contributed by atoms with E-state index >= 15 is 0 Å². The Labute approximate surface area is 160 Å². The van der Waals surface area contributed by atoms with Crippen LogP contribution in [0, 0.1) is 11.8 Å². The molecule has 1 aliphatic carbocycles.